The van der Waals surface area contributed by atoms with Crippen LogP contribution in [0.3, 0.4) is 0 Å². The maximum atomic E-state index is 12.9. The number of carbonyl (C=O) groups is 2. The van der Waals surface area contributed by atoms with Crippen LogP contribution >= 0.6 is 0 Å². The van der Waals surface area contributed by atoms with Crippen molar-refractivity contribution in [2.75, 3.05) is 5.32 Å². The molecule has 0 bridgehead atoms. The Morgan fingerprint density at radius 2 is 1.89 bits per heavy atom. The number of amides is 1. The van der Waals surface area contributed by atoms with Crippen molar-refractivity contribution in [2.24, 2.45) is 0 Å². The molecule has 1 aromatic rings. The fraction of sp³-hybridized carbons (Fsp3) is 0.333. The topological polar surface area (TPSA) is 75.6 Å². The van der Waals surface area contributed by atoms with Crippen molar-refractivity contribution < 1.29 is 28.2 Å². The van der Waals surface area contributed by atoms with Crippen molar-refractivity contribution >= 4 is 17.6 Å². The summed E-state index contributed by atoms with van der Waals surface area (Å²) in [6, 6.07) is 2.94. The first kappa shape index (κ1) is 13.4. The van der Waals surface area contributed by atoms with E-state index in [1.54, 1.807) is 0 Å². The number of anilines is 1. The van der Waals surface area contributed by atoms with Gasteiger partial charge < -0.3 is 15.2 Å². The van der Waals surface area contributed by atoms with Crippen LogP contribution in [0.1, 0.15) is 12.8 Å². The van der Waals surface area contributed by atoms with Crippen LogP contribution in [-0.4, -0.2) is 29.2 Å². The molecule has 2 N–H and O–H groups in total. The summed E-state index contributed by atoms with van der Waals surface area (Å²) < 4.78 is 30.7. The highest BCUT2D eigenvalue weighted by atomic mass is 19.2. The molecule has 1 aliphatic rings. The second-order valence-electron chi connectivity index (χ2n) is 4.15. The molecule has 19 heavy (non-hydrogen) atoms. The van der Waals surface area contributed by atoms with Crippen molar-refractivity contribution in [2.45, 2.75) is 25.0 Å². The Kier molecular flexibility index (Phi) is 3.75. The van der Waals surface area contributed by atoms with E-state index in [-0.39, 0.29) is 18.5 Å². The number of carboxylic acids is 1. The number of rotatable bonds is 3. The van der Waals surface area contributed by atoms with Crippen LogP contribution < -0.4 is 5.32 Å². The van der Waals surface area contributed by atoms with Crippen molar-refractivity contribution in [3.05, 3.63) is 29.8 Å². The maximum absolute atomic E-state index is 12.9. The summed E-state index contributed by atoms with van der Waals surface area (Å²) in [7, 11) is 0. The van der Waals surface area contributed by atoms with E-state index >= 15 is 0 Å². The van der Waals surface area contributed by atoms with E-state index in [0.717, 1.165) is 12.1 Å². The number of carbonyl (C=O) groups excluding carboxylic acids is 1. The predicted molar refractivity (Wildman–Crippen MR) is 60.5 cm³/mol. The molecule has 0 spiro atoms. The summed E-state index contributed by atoms with van der Waals surface area (Å²) in [6.07, 6.45) is -1.38. The van der Waals surface area contributed by atoms with E-state index in [4.69, 9.17) is 9.84 Å². The van der Waals surface area contributed by atoms with E-state index in [0.29, 0.717) is 0 Å². The minimum Gasteiger partial charge on any atom is -0.479 e. The molecule has 1 fully saturated rings. The minimum atomic E-state index is -1.12. The molecule has 5 nitrogen and oxygen atoms in total. The number of carboxylic acid groups (broad SMARTS) is 1. The van der Waals surface area contributed by atoms with Gasteiger partial charge in [0.2, 0.25) is 0 Å². The second kappa shape index (κ2) is 5.31. The van der Waals surface area contributed by atoms with Gasteiger partial charge in [0.25, 0.3) is 5.91 Å². The quantitative estimate of drug-likeness (QED) is 0.874. The molecule has 0 saturated carbocycles. The molecule has 1 heterocycles. The number of aliphatic carboxylic acids is 1. The zero-order chi connectivity index (χ0) is 14.0. The number of benzene rings is 1. The van der Waals surface area contributed by atoms with Gasteiger partial charge in [-0.1, -0.05) is 0 Å². The summed E-state index contributed by atoms with van der Waals surface area (Å²) in [4.78, 5) is 22.4. The lowest BCUT2D eigenvalue weighted by Gasteiger charge is -2.11. The number of hydrogen-bond acceptors (Lipinski definition) is 3. The van der Waals surface area contributed by atoms with Gasteiger partial charge in [-0.15, -0.1) is 0 Å². The van der Waals surface area contributed by atoms with Gasteiger partial charge in [-0.25, -0.2) is 13.6 Å². The molecule has 0 radical (unpaired) electrons. The highest BCUT2D eigenvalue weighted by molar-refractivity contribution is 5.94. The molecule has 7 heteroatoms. The first-order chi connectivity index (χ1) is 8.97. The zero-order valence-corrected chi connectivity index (χ0v) is 9.73. The molecule has 1 amide bonds. The Labute approximate surface area is 107 Å². The predicted octanol–water partition coefficient (Wildman–Crippen LogP) is 1.54. The van der Waals surface area contributed by atoms with E-state index in [1.807, 2.05) is 0 Å². The Bertz CT molecular complexity index is 520. The van der Waals surface area contributed by atoms with Crippen LogP contribution in [0.2, 0.25) is 0 Å². The number of hydrogen-bond donors (Lipinski definition) is 2. The molecule has 2 rings (SSSR count). The van der Waals surface area contributed by atoms with Gasteiger partial charge in [0.05, 0.1) is 0 Å². The molecule has 102 valence electrons. The van der Waals surface area contributed by atoms with E-state index in [9.17, 15) is 18.4 Å². The third-order valence-corrected chi connectivity index (χ3v) is 2.77. The Morgan fingerprint density at radius 3 is 2.47 bits per heavy atom. The van der Waals surface area contributed by atoms with Gasteiger partial charge in [-0.2, -0.15) is 0 Å². The van der Waals surface area contributed by atoms with Gasteiger partial charge in [-0.05, 0) is 25.0 Å². The number of ether oxygens (including phenoxy) is 1. The molecule has 2 unspecified atom stereocenters. The highest BCUT2D eigenvalue weighted by Crippen LogP contribution is 2.22. The summed E-state index contributed by atoms with van der Waals surface area (Å²) in [6.45, 7) is 0. The van der Waals surface area contributed by atoms with E-state index in [1.165, 1.54) is 6.07 Å². The van der Waals surface area contributed by atoms with E-state index < -0.39 is 35.7 Å². The van der Waals surface area contributed by atoms with Crippen LogP contribution in [0.25, 0.3) is 0 Å². The number of nitrogens with one attached hydrogen (secondary N) is 1. The van der Waals surface area contributed by atoms with Gasteiger partial charge in [0, 0.05) is 11.8 Å². The highest BCUT2D eigenvalue weighted by Gasteiger charge is 2.34. The SMILES string of the molecule is O=C(O)C1CCC(C(=O)Nc2ccc(F)c(F)c2)O1. The third-order valence-electron chi connectivity index (χ3n) is 2.77. The molecule has 0 aromatic heterocycles. The van der Waals surface area contributed by atoms with Crippen LogP contribution in [-0.2, 0) is 14.3 Å². The van der Waals surface area contributed by atoms with Gasteiger partial charge >= 0.3 is 5.97 Å². The average molecular weight is 271 g/mol. The maximum Gasteiger partial charge on any atom is 0.332 e. The smallest absolute Gasteiger partial charge is 0.332 e. The first-order valence-corrected chi connectivity index (χ1v) is 5.61. The standard InChI is InChI=1S/C12H11F2NO4/c13-7-2-1-6(5-8(7)14)15-11(16)9-3-4-10(19-9)12(17)18/h1-2,5,9-10H,3-4H2,(H,15,16)(H,17,18). The molecule has 1 aromatic carbocycles. The lowest BCUT2D eigenvalue weighted by atomic mass is 10.2. The summed E-state index contributed by atoms with van der Waals surface area (Å²) in [5, 5.41) is 11.1. The monoisotopic (exact) mass is 271 g/mol. The molecule has 0 aliphatic carbocycles. The Morgan fingerprint density at radius 1 is 1.21 bits per heavy atom. The molecule has 1 aliphatic heterocycles. The minimum absolute atomic E-state index is 0.0891. The van der Waals surface area contributed by atoms with Gasteiger partial charge in [0.1, 0.15) is 6.10 Å². The molecular weight excluding hydrogens is 260 g/mol. The largest absolute Gasteiger partial charge is 0.479 e. The third kappa shape index (κ3) is 3.05. The average Bonchev–Trinajstić information content (AvgIpc) is 2.83. The van der Waals surface area contributed by atoms with Crippen molar-refractivity contribution in [3.8, 4) is 0 Å². The van der Waals surface area contributed by atoms with Gasteiger partial charge in [0.15, 0.2) is 17.7 Å². The van der Waals surface area contributed by atoms with Crippen molar-refractivity contribution in [1.29, 1.82) is 0 Å². The summed E-state index contributed by atoms with van der Waals surface area (Å²) in [5.74, 6) is -3.78. The fourth-order valence-electron chi connectivity index (χ4n) is 1.81. The van der Waals surface area contributed by atoms with Crippen molar-refractivity contribution in [3.63, 3.8) is 0 Å². The first-order valence-electron chi connectivity index (χ1n) is 5.61. The normalized spacial score (nSPS) is 22.2. The van der Waals surface area contributed by atoms with Gasteiger partial charge in [-0.3, -0.25) is 4.79 Å². The summed E-state index contributed by atoms with van der Waals surface area (Å²) in [5.41, 5.74) is 0.0891. The van der Waals surface area contributed by atoms with Crippen LogP contribution in [0.4, 0.5) is 14.5 Å². The van der Waals surface area contributed by atoms with Crippen LogP contribution in [0.5, 0.6) is 0 Å². The molecule has 2 atom stereocenters. The summed E-state index contributed by atoms with van der Waals surface area (Å²) >= 11 is 0. The fourth-order valence-corrected chi connectivity index (χ4v) is 1.81. The lowest BCUT2D eigenvalue weighted by Crippen LogP contribution is -2.29. The Hall–Kier alpha value is -2.02. The van der Waals surface area contributed by atoms with Crippen molar-refractivity contribution in [1.82, 2.24) is 0 Å². The molecule has 1 saturated heterocycles. The second-order valence-corrected chi connectivity index (χ2v) is 4.15. The molecular formula is C12H11F2NO4. The number of halogens is 2. The van der Waals surface area contributed by atoms with Crippen LogP contribution in [0, 0.1) is 11.6 Å². The Balaban J connectivity index is 1.98. The lowest BCUT2D eigenvalue weighted by molar-refractivity contribution is -0.150. The van der Waals surface area contributed by atoms with E-state index in [2.05, 4.69) is 5.32 Å². The zero-order valence-electron chi connectivity index (χ0n) is 9.73. The van der Waals surface area contributed by atoms with Crippen LogP contribution in [0.15, 0.2) is 18.2 Å².